The molecule has 3 aromatic rings. The van der Waals surface area contributed by atoms with E-state index in [0.29, 0.717) is 0 Å². The maximum Gasteiger partial charge on any atom is 0.435 e. The van der Waals surface area contributed by atoms with E-state index in [2.05, 4.69) is 10.4 Å². The van der Waals surface area contributed by atoms with Crippen LogP contribution in [-0.2, 0) is 4.74 Å². The molecule has 0 radical (unpaired) electrons. The van der Waals surface area contributed by atoms with Crippen LogP contribution in [0.15, 0.2) is 54.7 Å². The number of anilines is 2. The molecule has 1 N–H and O–H groups in total. The lowest BCUT2D eigenvalue weighted by atomic mass is 10.2. The van der Waals surface area contributed by atoms with Crippen molar-refractivity contribution < 1.29 is 9.53 Å². The van der Waals surface area contributed by atoms with Crippen molar-refractivity contribution in [1.29, 1.82) is 0 Å². The maximum absolute atomic E-state index is 12.2. The van der Waals surface area contributed by atoms with Gasteiger partial charge in [0.2, 0.25) is 0 Å². The Bertz CT molecular complexity index is 832. The summed E-state index contributed by atoms with van der Waals surface area (Å²) >= 11 is 0. The fourth-order valence-corrected chi connectivity index (χ4v) is 2.25. The number of rotatable bonds is 2. The first kappa shape index (κ1) is 15.1. The van der Waals surface area contributed by atoms with Gasteiger partial charge in [-0.05, 0) is 51.1 Å². The van der Waals surface area contributed by atoms with E-state index in [1.54, 1.807) is 6.20 Å². The van der Waals surface area contributed by atoms with Gasteiger partial charge in [0, 0.05) is 16.8 Å². The fourth-order valence-electron chi connectivity index (χ4n) is 2.25. The van der Waals surface area contributed by atoms with Crippen molar-refractivity contribution in [1.82, 2.24) is 9.78 Å². The highest BCUT2D eigenvalue weighted by molar-refractivity contribution is 5.90. The van der Waals surface area contributed by atoms with Crippen LogP contribution >= 0.6 is 0 Å². The molecule has 0 fully saturated rings. The number of hydrogen-bond donors (Lipinski definition) is 1. The van der Waals surface area contributed by atoms with Crippen molar-refractivity contribution in [3.05, 3.63) is 54.7 Å². The molecule has 3 rings (SSSR count). The van der Waals surface area contributed by atoms with Crippen LogP contribution in [-0.4, -0.2) is 21.5 Å². The van der Waals surface area contributed by atoms with E-state index < -0.39 is 11.7 Å². The minimum Gasteiger partial charge on any atom is -0.442 e. The number of fused-ring (bicyclic) bond motifs is 1. The molecule has 23 heavy (non-hydrogen) atoms. The van der Waals surface area contributed by atoms with Crippen molar-refractivity contribution in [2.45, 2.75) is 26.4 Å². The molecule has 0 aliphatic heterocycles. The van der Waals surface area contributed by atoms with Gasteiger partial charge in [0.15, 0.2) is 0 Å². The quantitative estimate of drug-likeness (QED) is 0.753. The highest BCUT2D eigenvalue weighted by atomic mass is 16.6. The summed E-state index contributed by atoms with van der Waals surface area (Å²) in [6.07, 6.45) is 1.19. The van der Waals surface area contributed by atoms with Crippen LogP contribution in [0.4, 0.5) is 16.2 Å². The van der Waals surface area contributed by atoms with Gasteiger partial charge in [0.05, 0.1) is 11.7 Å². The number of nitrogens with zero attached hydrogens (tertiary/aromatic N) is 2. The fraction of sp³-hybridized carbons (Fsp3) is 0.222. The van der Waals surface area contributed by atoms with Crippen LogP contribution in [0.1, 0.15) is 20.8 Å². The van der Waals surface area contributed by atoms with Crippen LogP contribution in [0.3, 0.4) is 0 Å². The molecule has 0 saturated heterocycles. The molecule has 1 aromatic heterocycles. The van der Waals surface area contributed by atoms with Crippen molar-refractivity contribution in [2.75, 3.05) is 5.32 Å². The SMILES string of the molecule is CC(C)(C)OC(=O)n1ncc2cc(Nc3ccccc3)ccc21. The molecule has 0 spiro atoms. The highest BCUT2D eigenvalue weighted by Crippen LogP contribution is 2.23. The summed E-state index contributed by atoms with van der Waals surface area (Å²) in [5.74, 6) is 0. The second-order valence-electron chi connectivity index (χ2n) is 6.30. The normalized spacial score (nSPS) is 11.4. The second kappa shape index (κ2) is 5.76. The number of nitrogens with one attached hydrogen (secondary N) is 1. The lowest BCUT2D eigenvalue weighted by Crippen LogP contribution is -2.27. The van der Waals surface area contributed by atoms with Crippen LogP contribution in [0, 0.1) is 0 Å². The summed E-state index contributed by atoms with van der Waals surface area (Å²) in [6.45, 7) is 5.50. The Morgan fingerprint density at radius 2 is 1.83 bits per heavy atom. The predicted molar refractivity (Wildman–Crippen MR) is 91.1 cm³/mol. The van der Waals surface area contributed by atoms with Gasteiger partial charge in [-0.3, -0.25) is 0 Å². The molecule has 0 aliphatic carbocycles. The monoisotopic (exact) mass is 309 g/mol. The van der Waals surface area contributed by atoms with Gasteiger partial charge in [-0.2, -0.15) is 9.78 Å². The first-order valence-electron chi connectivity index (χ1n) is 7.46. The van der Waals surface area contributed by atoms with Crippen LogP contribution in [0.25, 0.3) is 10.9 Å². The Morgan fingerprint density at radius 1 is 1.09 bits per heavy atom. The molecule has 5 heteroatoms. The zero-order chi connectivity index (χ0) is 16.4. The van der Waals surface area contributed by atoms with E-state index in [-0.39, 0.29) is 0 Å². The number of aromatic nitrogens is 2. The molecule has 2 aromatic carbocycles. The Balaban J connectivity index is 1.87. The van der Waals surface area contributed by atoms with Crippen molar-refractivity contribution in [2.24, 2.45) is 0 Å². The third-order valence-electron chi connectivity index (χ3n) is 3.20. The molecule has 0 amide bonds. The lowest BCUT2D eigenvalue weighted by molar-refractivity contribution is 0.0523. The third-order valence-corrected chi connectivity index (χ3v) is 3.20. The van der Waals surface area contributed by atoms with Crippen LogP contribution in [0.2, 0.25) is 0 Å². The molecule has 0 saturated carbocycles. The average Bonchev–Trinajstić information content (AvgIpc) is 2.90. The smallest absolute Gasteiger partial charge is 0.435 e. The number of ether oxygens (including phenoxy) is 1. The molecule has 118 valence electrons. The predicted octanol–water partition coefficient (Wildman–Crippen LogP) is 4.56. The van der Waals surface area contributed by atoms with E-state index in [1.807, 2.05) is 69.3 Å². The maximum atomic E-state index is 12.2. The van der Waals surface area contributed by atoms with Gasteiger partial charge in [0.25, 0.3) is 0 Å². The van der Waals surface area contributed by atoms with Crippen molar-refractivity contribution in [3.8, 4) is 0 Å². The van der Waals surface area contributed by atoms with E-state index in [1.165, 1.54) is 4.68 Å². The number of para-hydroxylation sites is 1. The van der Waals surface area contributed by atoms with E-state index >= 15 is 0 Å². The van der Waals surface area contributed by atoms with Gasteiger partial charge in [0.1, 0.15) is 5.60 Å². The van der Waals surface area contributed by atoms with Gasteiger partial charge >= 0.3 is 6.09 Å². The summed E-state index contributed by atoms with van der Waals surface area (Å²) in [6, 6.07) is 15.6. The average molecular weight is 309 g/mol. The molecular formula is C18H19N3O2. The standard InChI is InChI=1S/C18H19N3O2/c1-18(2,3)23-17(22)21-16-10-9-15(11-13(16)12-19-21)20-14-7-5-4-6-8-14/h4-12,20H,1-3H3. The summed E-state index contributed by atoms with van der Waals surface area (Å²) in [5, 5.41) is 8.33. The van der Waals surface area contributed by atoms with Gasteiger partial charge < -0.3 is 10.1 Å². The number of hydrogen-bond acceptors (Lipinski definition) is 4. The van der Waals surface area contributed by atoms with Gasteiger partial charge in [-0.1, -0.05) is 18.2 Å². The van der Waals surface area contributed by atoms with Crippen molar-refractivity contribution in [3.63, 3.8) is 0 Å². The topological polar surface area (TPSA) is 56.2 Å². The van der Waals surface area contributed by atoms with Gasteiger partial charge in [-0.25, -0.2) is 4.79 Å². The summed E-state index contributed by atoms with van der Waals surface area (Å²) < 4.78 is 6.65. The Hall–Kier alpha value is -2.82. The number of carbonyl (C=O) groups excluding carboxylic acids is 1. The van der Waals surface area contributed by atoms with E-state index in [0.717, 1.165) is 22.3 Å². The zero-order valence-electron chi connectivity index (χ0n) is 13.4. The van der Waals surface area contributed by atoms with Gasteiger partial charge in [-0.15, -0.1) is 0 Å². The lowest BCUT2D eigenvalue weighted by Gasteiger charge is -2.19. The minimum absolute atomic E-state index is 0.476. The first-order chi connectivity index (χ1) is 10.9. The summed E-state index contributed by atoms with van der Waals surface area (Å²) in [7, 11) is 0. The molecular weight excluding hydrogens is 290 g/mol. The van der Waals surface area contributed by atoms with E-state index in [9.17, 15) is 4.79 Å². The molecule has 1 heterocycles. The van der Waals surface area contributed by atoms with Crippen LogP contribution in [0.5, 0.6) is 0 Å². The largest absolute Gasteiger partial charge is 0.442 e. The van der Waals surface area contributed by atoms with Crippen LogP contribution < -0.4 is 5.32 Å². The molecule has 5 nitrogen and oxygen atoms in total. The summed E-state index contributed by atoms with van der Waals surface area (Å²) in [5.41, 5.74) is 2.11. The van der Waals surface area contributed by atoms with E-state index in [4.69, 9.17) is 4.74 Å². The Kier molecular flexibility index (Phi) is 3.78. The Labute approximate surface area is 134 Å². The Morgan fingerprint density at radius 3 is 2.52 bits per heavy atom. The highest BCUT2D eigenvalue weighted by Gasteiger charge is 2.20. The second-order valence-corrected chi connectivity index (χ2v) is 6.30. The van der Waals surface area contributed by atoms with Crippen molar-refractivity contribution >= 4 is 28.4 Å². The number of benzene rings is 2. The minimum atomic E-state index is -0.551. The first-order valence-corrected chi connectivity index (χ1v) is 7.46. The summed E-state index contributed by atoms with van der Waals surface area (Å²) in [4.78, 5) is 12.2. The molecule has 0 unspecified atom stereocenters. The number of carbonyl (C=O) groups is 1. The molecule has 0 bridgehead atoms. The third kappa shape index (κ3) is 3.51. The molecule has 0 atom stereocenters. The zero-order valence-corrected chi connectivity index (χ0v) is 13.4. The molecule has 0 aliphatic rings.